The van der Waals surface area contributed by atoms with Crippen LogP contribution in [0.5, 0.6) is 0 Å². The molecular weight excluding hydrogens is 455 g/mol. The second-order valence-corrected chi connectivity index (χ2v) is 10.4. The second-order valence-electron chi connectivity index (χ2n) is 8.19. The summed E-state index contributed by atoms with van der Waals surface area (Å²) < 4.78 is 42.6. The van der Waals surface area contributed by atoms with Crippen LogP contribution in [0.2, 0.25) is 5.02 Å². The third-order valence-electron chi connectivity index (χ3n) is 4.45. The number of anilines is 2. The van der Waals surface area contributed by atoms with E-state index in [1.807, 2.05) is 13.8 Å². The van der Waals surface area contributed by atoms with Crippen LogP contribution in [0.1, 0.15) is 33.7 Å². The van der Waals surface area contributed by atoms with Crippen molar-refractivity contribution >= 4 is 33.3 Å². The van der Waals surface area contributed by atoms with E-state index in [1.165, 1.54) is 12.1 Å². The van der Waals surface area contributed by atoms with Gasteiger partial charge in [-0.1, -0.05) is 25.4 Å². The first-order chi connectivity index (χ1) is 14.9. The summed E-state index contributed by atoms with van der Waals surface area (Å²) in [6.07, 6.45) is 4.34. The fraction of sp³-hybridized carbons (Fsp3) is 0.381. The van der Waals surface area contributed by atoms with Crippen molar-refractivity contribution in [2.45, 2.75) is 33.7 Å². The van der Waals surface area contributed by atoms with Crippen molar-refractivity contribution in [3.8, 4) is 22.5 Å². The maximum atomic E-state index is 15.4. The van der Waals surface area contributed by atoms with Crippen molar-refractivity contribution in [3.63, 3.8) is 0 Å². The van der Waals surface area contributed by atoms with Crippen LogP contribution < -0.4 is 10.0 Å². The molecule has 0 bridgehead atoms. The molecule has 0 amide bonds. The zero-order valence-corrected chi connectivity index (χ0v) is 20.1. The molecule has 2 N–H and O–H groups in total. The minimum atomic E-state index is -3.71. The second kappa shape index (κ2) is 9.41. The van der Waals surface area contributed by atoms with E-state index in [1.54, 1.807) is 23.1 Å². The standard InChI is InChI=1S/C21H26ClFN6O2S/c1-12(2)10-25-21-24-7-6-17(26-21)16-11-29(13(3)4)27-20(16)15-8-14(22)9-18(19(15)23)28-32(5,30)31/h6-9,11-13,28H,10H2,1-5H3,(H,24,25,26). The number of nitrogens with one attached hydrogen (secondary N) is 2. The number of hydrogen-bond donors (Lipinski definition) is 2. The van der Waals surface area contributed by atoms with Crippen LogP contribution in [-0.2, 0) is 10.0 Å². The van der Waals surface area contributed by atoms with Crippen molar-refractivity contribution in [2.75, 3.05) is 22.8 Å². The highest BCUT2D eigenvalue weighted by atomic mass is 35.5. The third-order valence-corrected chi connectivity index (χ3v) is 5.26. The molecule has 172 valence electrons. The Balaban J connectivity index is 2.17. The number of rotatable bonds is 8. The van der Waals surface area contributed by atoms with E-state index in [4.69, 9.17) is 11.6 Å². The van der Waals surface area contributed by atoms with Crippen molar-refractivity contribution in [1.29, 1.82) is 0 Å². The molecule has 0 radical (unpaired) electrons. The van der Waals surface area contributed by atoms with Gasteiger partial charge in [0.1, 0.15) is 5.69 Å². The molecule has 3 aromatic rings. The molecule has 0 saturated heterocycles. The number of sulfonamides is 1. The van der Waals surface area contributed by atoms with Crippen LogP contribution in [0.4, 0.5) is 16.0 Å². The minimum absolute atomic E-state index is 0.00117. The lowest BCUT2D eigenvalue weighted by atomic mass is 10.0. The number of benzene rings is 1. The van der Waals surface area contributed by atoms with E-state index in [-0.39, 0.29) is 22.3 Å². The zero-order chi connectivity index (χ0) is 23.6. The van der Waals surface area contributed by atoms with Crippen molar-refractivity contribution in [1.82, 2.24) is 19.7 Å². The molecule has 2 aromatic heterocycles. The van der Waals surface area contributed by atoms with Gasteiger partial charge in [-0.2, -0.15) is 5.10 Å². The summed E-state index contributed by atoms with van der Waals surface area (Å²) in [7, 11) is -3.71. The van der Waals surface area contributed by atoms with E-state index in [0.29, 0.717) is 35.4 Å². The van der Waals surface area contributed by atoms with Gasteiger partial charge in [0.2, 0.25) is 16.0 Å². The van der Waals surface area contributed by atoms with E-state index < -0.39 is 15.8 Å². The average molecular weight is 481 g/mol. The predicted octanol–water partition coefficient (Wildman–Crippen LogP) is 4.82. The van der Waals surface area contributed by atoms with E-state index in [0.717, 1.165) is 6.26 Å². The van der Waals surface area contributed by atoms with Gasteiger partial charge in [-0.25, -0.2) is 22.8 Å². The first-order valence-corrected chi connectivity index (χ1v) is 12.3. The summed E-state index contributed by atoms with van der Waals surface area (Å²) in [4.78, 5) is 8.81. The molecule has 0 aliphatic carbocycles. The van der Waals surface area contributed by atoms with Gasteiger partial charge in [-0.05, 0) is 38.0 Å². The van der Waals surface area contributed by atoms with E-state index in [2.05, 4.69) is 39.0 Å². The summed E-state index contributed by atoms with van der Waals surface area (Å²) >= 11 is 6.19. The van der Waals surface area contributed by atoms with E-state index >= 15 is 4.39 Å². The van der Waals surface area contributed by atoms with Crippen LogP contribution in [-0.4, -0.2) is 41.0 Å². The Bertz CT molecular complexity index is 1230. The number of halogens is 2. The van der Waals surface area contributed by atoms with Gasteiger partial charge < -0.3 is 5.32 Å². The molecule has 0 fully saturated rings. The first kappa shape index (κ1) is 23.9. The van der Waals surface area contributed by atoms with Crippen LogP contribution >= 0.6 is 11.6 Å². The van der Waals surface area contributed by atoms with Crippen LogP contribution in [0.25, 0.3) is 22.5 Å². The molecule has 3 rings (SSSR count). The Hall–Kier alpha value is -2.72. The highest BCUT2D eigenvalue weighted by Gasteiger charge is 2.22. The largest absolute Gasteiger partial charge is 0.354 e. The van der Waals surface area contributed by atoms with Crippen LogP contribution in [0.3, 0.4) is 0 Å². The third kappa shape index (κ3) is 5.74. The Labute approximate surface area is 192 Å². The lowest BCUT2D eigenvalue weighted by Crippen LogP contribution is -2.11. The quantitative estimate of drug-likeness (QED) is 0.479. The normalized spacial score (nSPS) is 11.9. The topological polar surface area (TPSA) is 102 Å². The molecule has 0 spiro atoms. The summed E-state index contributed by atoms with van der Waals surface area (Å²) in [5.74, 6) is 0.0792. The summed E-state index contributed by atoms with van der Waals surface area (Å²) in [5.41, 5.74) is 1.23. The summed E-state index contributed by atoms with van der Waals surface area (Å²) in [5, 5.41) is 7.90. The SMILES string of the molecule is CC(C)CNc1nccc(-c2cn(C(C)C)nc2-c2cc(Cl)cc(NS(C)(=O)=O)c2F)n1. The number of hydrogen-bond acceptors (Lipinski definition) is 6. The number of aromatic nitrogens is 4. The molecule has 0 aliphatic heterocycles. The molecule has 1 aromatic carbocycles. The van der Waals surface area contributed by atoms with Gasteiger partial charge in [0, 0.05) is 41.1 Å². The minimum Gasteiger partial charge on any atom is -0.354 e. The van der Waals surface area contributed by atoms with Gasteiger partial charge in [0.05, 0.1) is 17.6 Å². The highest BCUT2D eigenvalue weighted by Crippen LogP contribution is 2.37. The monoisotopic (exact) mass is 480 g/mol. The maximum absolute atomic E-state index is 15.4. The lowest BCUT2D eigenvalue weighted by molar-refractivity contribution is 0.533. The molecule has 2 heterocycles. The zero-order valence-electron chi connectivity index (χ0n) is 18.5. The van der Waals surface area contributed by atoms with Gasteiger partial charge in [0.25, 0.3) is 0 Å². The van der Waals surface area contributed by atoms with Gasteiger partial charge in [-0.3, -0.25) is 9.40 Å². The Kier molecular flexibility index (Phi) is 7.04. The Morgan fingerprint density at radius 2 is 1.91 bits per heavy atom. The van der Waals surface area contributed by atoms with Gasteiger partial charge >= 0.3 is 0 Å². The van der Waals surface area contributed by atoms with Crippen molar-refractivity contribution < 1.29 is 12.8 Å². The first-order valence-electron chi connectivity index (χ1n) is 10.1. The molecule has 0 unspecified atom stereocenters. The molecule has 32 heavy (non-hydrogen) atoms. The van der Waals surface area contributed by atoms with Gasteiger partial charge in [-0.15, -0.1) is 0 Å². The van der Waals surface area contributed by atoms with E-state index in [9.17, 15) is 8.42 Å². The summed E-state index contributed by atoms with van der Waals surface area (Å²) in [6, 6.07) is 4.35. The van der Waals surface area contributed by atoms with Crippen LogP contribution in [0, 0.1) is 11.7 Å². The summed E-state index contributed by atoms with van der Waals surface area (Å²) in [6.45, 7) is 8.74. The van der Waals surface area contributed by atoms with Crippen molar-refractivity contribution in [3.05, 3.63) is 41.4 Å². The highest BCUT2D eigenvalue weighted by molar-refractivity contribution is 7.92. The predicted molar refractivity (Wildman–Crippen MR) is 126 cm³/mol. The fourth-order valence-electron chi connectivity index (χ4n) is 2.97. The molecule has 0 aliphatic rings. The van der Waals surface area contributed by atoms with Crippen molar-refractivity contribution in [2.24, 2.45) is 5.92 Å². The smallest absolute Gasteiger partial charge is 0.229 e. The number of nitrogens with zero attached hydrogens (tertiary/aromatic N) is 4. The fourth-order valence-corrected chi connectivity index (χ4v) is 3.73. The van der Waals surface area contributed by atoms with Crippen LogP contribution in [0.15, 0.2) is 30.6 Å². The Morgan fingerprint density at radius 3 is 2.53 bits per heavy atom. The molecule has 0 saturated carbocycles. The molecular formula is C21H26ClFN6O2S. The molecule has 8 nitrogen and oxygen atoms in total. The van der Waals surface area contributed by atoms with Gasteiger partial charge in [0.15, 0.2) is 5.82 Å². The lowest BCUT2D eigenvalue weighted by Gasteiger charge is -2.11. The average Bonchev–Trinajstić information content (AvgIpc) is 3.13. The Morgan fingerprint density at radius 1 is 1.19 bits per heavy atom. The molecule has 11 heteroatoms. The maximum Gasteiger partial charge on any atom is 0.229 e. The molecule has 0 atom stereocenters.